The van der Waals surface area contributed by atoms with Gasteiger partial charge in [0.05, 0.1) is 47.8 Å². The van der Waals surface area contributed by atoms with Crippen molar-refractivity contribution in [1.82, 2.24) is 38.8 Å². The van der Waals surface area contributed by atoms with Crippen LogP contribution < -0.4 is 26.8 Å². The molecule has 4 aromatic heterocycles. The number of hydrogen-bond donors (Lipinski definition) is 4. The fraction of sp³-hybridized carbons (Fsp3) is 0.366. The topological polar surface area (TPSA) is 246 Å². The number of hydrogen-bond acceptors (Lipinski definition) is 12. The van der Waals surface area contributed by atoms with Gasteiger partial charge in [0, 0.05) is 57.3 Å². The van der Waals surface area contributed by atoms with Crippen LogP contribution in [0.25, 0.3) is 22.1 Å². The van der Waals surface area contributed by atoms with Crippen molar-refractivity contribution >= 4 is 57.6 Å². The Morgan fingerprint density at radius 2 is 1.53 bits per heavy atom. The zero-order valence-corrected chi connectivity index (χ0v) is 34.0. The van der Waals surface area contributed by atoms with Gasteiger partial charge in [-0.1, -0.05) is 19.1 Å². The number of rotatable bonds is 17. The summed E-state index contributed by atoms with van der Waals surface area (Å²) in [6.07, 6.45) is 4.93. The molecule has 5 heterocycles. The van der Waals surface area contributed by atoms with Crippen LogP contribution in [0.4, 0.5) is 11.9 Å². The first-order chi connectivity index (χ1) is 28.9. The highest BCUT2D eigenvalue weighted by Gasteiger charge is 2.24. The standard InChI is InChI=1S/C41H48N12O7/c1-5-28-35(60-25(4)44-28)39(57)48-40-45-29-21-26(36(42)54)10-11-31(29)51(40)13-7-8-14-52-34-30(46-41(52)47-38(56)32-20-24(3)49-53(32)6-2)22-27(37(43)55)23-33(34)59-17-9-12-50-15-18-58-19-16-50/h7-8,10-11,20-23H,5-6,9,12-19H2,1-4H3,(H2,42,54)(H2,43,55)(H,45,48,57)(H,46,47,56)/b8-7+. The number of morpholine rings is 1. The molecule has 1 fully saturated rings. The Bertz CT molecular complexity index is 2610. The highest BCUT2D eigenvalue weighted by Crippen LogP contribution is 2.32. The lowest BCUT2D eigenvalue weighted by Crippen LogP contribution is -2.37. The number of amides is 4. The van der Waals surface area contributed by atoms with Gasteiger partial charge in [0.25, 0.3) is 11.8 Å². The van der Waals surface area contributed by atoms with Crippen LogP contribution in [-0.2, 0) is 30.8 Å². The molecule has 0 unspecified atom stereocenters. The number of carbonyl (C=O) groups is 4. The molecule has 6 N–H and O–H groups in total. The summed E-state index contributed by atoms with van der Waals surface area (Å²) in [5, 5.41) is 10.2. The van der Waals surface area contributed by atoms with E-state index in [1.165, 1.54) is 0 Å². The summed E-state index contributed by atoms with van der Waals surface area (Å²) in [6.45, 7) is 12.4. The van der Waals surface area contributed by atoms with Gasteiger partial charge in [-0.3, -0.25) is 39.4 Å². The third-order valence-electron chi connectivity index (χ3n) is 10.1. The number of nitrogens with two attached hydrogens (primary N) is 2. The second kappa shape index (κ2) is 18.0. The molecule has 1 saturated heterocycles. The van der Waals surface area contributed by atoms with Crippen LogP contribution in [0, 0.1) is 13.8 Å². The summed E-state index contributed by atoms with van der Waals surface area (Å²) in [5.74, 6) is -0.988. The van der Waals surface area contributed by atoms with Crippen molar-refractivity contribution in [3.63, 3.8) is 0 Å². The van der Waals surface area contributed by atoms with Crippen molar-refractivity contribution in [2.24, 2.45) is 11.5 Å². The largest absolute Gasteiger partial charge is 0.491 e. The molecule has 0 bridgehead atoms. The first-order valence-electron chi connectivity index (χ1n) is 19.8. The lowest BCUT2D eigenvalue weighted by atomic mass is 10.1. The number of nitrogens with one attached hydrogen (secondary N) is 2. The number of primary amides is 2. The molecule has 7 rings (SSSR count). The molecular weight excluding hydrogens is 773 g/mol. The summed E-state index contributed by atoms with van der Waals surface area (Å²) in [6, 6.07) is 9.72. The molecule has 314 valence electrons. The van der Waals surface area contributed by atoms with Crippen molar-refractivity contribution in [3.8, 4) is 5.75 Å². The van der Waals surface area contributed by atoms with Gasteiger partial charge in [0.15, 0.2) is 5.89 Å². The van der Waals surface area contributed by atoms with Crippen LogP contribution in [0.1, 0.15) is 79.3 Å². The lowest BCUT2D eigenvalue weighted by molar-refractivity contribution is 0.0358. The molecule has 0 saturated carbocycles. The van der Waals surface area contributed by atoms with E-state index in [4.69, 9.17) is 30.3 Å². The molecule has 1 aliphatic heterocycles. The predicted molar refractivity (Wildman–Crippen MR) is 222 cm³/mol. The van der Waals surface area contributed by atoms with Crippen molar-refractivity contribution in [2.45, 2.75) is 60.2 Å². The Kier molecular flexibility index (Phi) is 12.4. The van der Waals surface area contributed by atoms with Crippen molar-refractivity contribution in [1.29, 1.82) is 0 Å². The Morgan fingerprint density at radius 3 is 2.25 bits per heavy atom. The Morgan fingerprint density at radius 1 is 0.850 bits per heavy atom. The smallest absolute Gasteiger partial charge is 0.295 e. The number of carbonyl (C=O) groups excluding carboxylic acids is 4. The van der Waals surface area contributed by atoms with Crippen LogP contribution in [0.3, 0.4) is 0 Å². The maximum absolute atomic E-state index is 13.8. The second-order valence-electron chi connectivity index (χ2n) is 14.3. The molecule has 4 amide bonds. The molecule has 0 radical (unpaired) electrons. The van der Waals surface area contributed by atoms with Gasteiger partial charge in [-0.2, -0.15) is 5.10 Å². The summed E-state index contributed by atoms with van der Waals surface area (Å²) in [5.41, 5.74) is 15.3. The average Bonchev–Trinajstić information content (AvgIpc) is 4.00. The Balaban J connectivity index is 1.22. The molecule has 0 spiro atoms. The Labute approximate surface area is 344 Å². The second-order valence-corrected chi connectivity index (χ2v) is 14.3. The highest BCUT2D eigenvalue weighted by atomic mass is 16.5. The molecular formula is C41H48N12O7. The molecule has 60 heavy (non-hydrogen) atoms. The number of anilines is 2. The van der Waals surface area contributed by atoms with Gasteiger partial charge >= 0.3 is 0 Å². The number of nitrogens with zero attached hydrogens (tertiary/aromatic N) is 8. The lowest BCUT2D eigenvalue weighted by Gasteiger charge is -2.26. The molecule has 0 aliphatic carbocycles. The number of aromatic nitrogens is 7. The number of aryl methyl sites for hydroxylation is 4. The minimum absolute atomic E-state index is 0.0827. The minimum Gasteiger partial charge on any atom is -0.491 e. The molecule has 1 aliphatic rings. The number of imidazole rings is 2. The average molecular weight is 821 g/mol. The predicted octanol–water partition coefficient (Wildman–Crippen LogP) is 3.83. The van der Waals surface area contributed by atoms with Gasteiger partial charge in [0.1, 0.15) is 17.0 Å². The summed E-state index contributed by atoms with van der Waals surface area (Å²) in [4.78, 5) is 67.8. The van der Waals surface area contributed by atoms with Gasteiger partial charge in [-0.25, -0.2) is 15.0 Å². The maximum atomic E-state index is 13.8. The number of oxazole rings is 1. The van der Waals surface area contributed by atoms with Crippen LogP contribution in [0.15, 0.2) is 53.0 Å². The van der Waals surface area contributed by atoms with Crippen molar-refractivity contribution in [3.05, 3.63) is 88.4 Å². The first-order valence-corrected chi connectivity index (χ1v) is 19.8. The monoisotopic (exact) mass is 820 g/mol. The first kappa shape index (κ1) is 41.3. The number of fused-ring (bicyclic) bond motifs is 2. The van der Waals surface area contributed by atoms with E-state index >= 15 is 0 Å². The zero-order chi connectivity index (χ0) is 42.5. The quantitative estimate of drug-likeness (QED) is 0.0758. The van der Waals surface area contributed by atoms with Crippen LogP contribution in [-0.4, -0.2) is 102 Å². The third kappa shape index (κ3) is 8.91. The number of ether oxygens (including phenoxy) is 2. The van der Waals surface area contributed by atoms with E-state index in [0.717, 1.165) is 26.1 Å². The molecule has 19 nitrogen and oxygen atoms in total. The normalized spacial score (nSPS) is 13.4. The number of benzene rings is 2. The third-order valence-corrected chi connectivity index (χ3v) is 10.1. The van der Waals surface area contributed by atoms with Crippen LogP contribution >= 0.6 is 0 Å². The van der Waals surface area contributed by atoms with Crippen molar-refractivity contribution < 1.29 is 33.1 Å². The summed E-state index contributed by atoms with van der Waals surface area (Å²) < 4.78 is 22.6. The van der Waals surface area contributed by atoms with Gasteiger partial charge in [0.2, 0.25) is 29.5 Å². The summed E-state index contributed by atoms with van der Waals surface area (Å²) in [7, 11) is 0. The van der Waals surface area contributed by atoms with Crippen LogP contribution in [0.5, 0.6) is 5.75 Å². The van der Waals surface area contributed by atoms with E-state index < -0.39 is 23.6 Å². The molecule has 19 heteroatoms. The molecule has 6 aromatic rings. The van der Waals surface area contributed by atoms with Gasteiger partial charge < -0.3 is 34.5 Å². The van der Waals surface area contributed by atoms with Crippen LogP contribution in [0.2, 0.25) is 0 Å². The maximum Gasteiger partial charge on any atom is 0.295 e. The minimum atomic E-state index is -0.653. The molecule has 2 aromatic carbocycles. The highest BCUT2D eigenvalue weighted by molar-refractivity contribution is 6.05. The van der Waals surface area contributed by atoms with E-state index in [1.807, 2.05) is 32.9 Å². The SMILES string of the molecule is CCc1nc(C)oc1C(=O)Nc1nc2cc(C(N)=O)ccc2n1C/C=C/Cn1c(NC(=O)c2cc(C)nn2CC)nc2cc(C(N)=O)cc(OCCCN3CCOCC3)c21. The van der Waals surface area contributed by atoms with Gasteiger partial charge in [-0.05, 0) is 63.1 Å². The zero-order valence-electron chi connectivity index (χ0n) is 34.0. The summed E-state index contributed by atoms with van der Waals surface area (Å²) >= 11 is 0. The van der Waals surface area contributed by atoms with E-state index in [1.54, 1.807) is 57.1 Å². The fourth-order valence-electron chi connectivity index (χ4n) is 7.15. The van der Waals surface area contributed by atoms with E-state index in [0.29, 0.717) is 83.6 Å². The fourth-order valence-corrected chi connectivity index (χ4v) is 7.15. The molecule has 0 atom stereocenters. The van der Waals surface area contributed by atoms with E-state index in [2.05, 4.69) is 30.6 Å². The van der Waals surface area contributed by atoms with Crippen molar-refractivity contribution in [2.75, 3.05) is 50.1 Å². The number of allylic oxidation sites excluding steroid dienone is 2. The van der Waals surface area contributed by atoms with Gasteiger partial charge in [-0.15, -0.1) is 0 Å². The van der Waals surface area contributed by atoms with E-state index in [9.17, 15) is 19.2 Å². The Hall–Kier alpha value is -6.86. The van der Waals surface area contributed by atoms with E-state index in [-0.39, 0.29) is 41.9 Å².